The van der Waals surface area contributed by atoms with E-state index in [0.29, 0.717) is 19.3 Å². The van der Waals surface area contributed by atoms with E-state index in [1.54, 1.807) is 0 Å². The van der Waals surface area contributed by atoms with E-state index in [4.69, 9.17) is 0 Å². The molecule has 0 saturated heterocycles. The molecule has 6 heteroatoms. The highest BCUT2D eigenvalue weighted by molar-refractivity contribution is 6.07. The summed E-state index contributed by atoms with van der Waals surface area (Å²) in [4.78, 5) is 29.3. The first kappa shape index (κ1) is 24.3. The number of benzene rings is 2. The van der Waals surface area contributed by atoms with Crippen molar-refractivity contribution < 1.29 is 9.59 Å². The van der Waals surface area contributed by atoms with Crippen LogP contribution in [0.1, 0.15) is 63.0 Å². The first-order valence-electron chi connectivity index (χ1n) is 12.8. The lowest BCUT2D eigenvalue weighted by molar-refractivity contribution is -0.129. The van der Waals surface area contributed by atoms with Crippen molar-refractivity contribution in [1.29, 1.82) is 0 Å². The Morgan fingerprint density at radius 1 is 0.882 bits per heavy atom. The van der Waals surface area contributed by atoms with E-state index in [0.717, 1.165) is 61.7 Å². The largest absolute Gasteiger partial charge is 0.355 e. The third-order valence-corrected chi connectivity index (χ3v) is 6.93. The first-order valence-corrected chi connectivity index (χ1v) is 12.8. The van der Waals surface area contributed by atoms with Gasteiger partial charge in [0.25, 0.3) is 0 Å². The lowest BCUT2D eigenvalue weighted by Gasteiger charge is -2.22. The summed E-state index contributed by atoms with van der Waals surface area (Å²) in [5.41, 5.74) is 4.76. The van der Waals surface area contributed by atoms with Crippen LogP contribution in [0.25, 0.3) is 21.8 Å². The molecule has 2 atom stereocenters. The number of unbranched alkanes of at least 4 members (excludes halogenated alkanes) is 1. The molecule has 1 aliphatic heterocycles. The molecule has 1 aliphatic rings. The first-order chi connectivity index (χ1) is 16.5. The van der Waals surface area contributed by atoms with Crippen LogP contribution in [0.5, 0.6) is 0 Å². The maximum atomic E-state index is 13.0. The molecule has 6 nitrogen and oxygen atoms in total. The molecular weight excluding hydrogens is 424 g/mol. The summed E-state index contributed by atoms with van der Waals surface area (Å²) in [6.45, 7) is 2.97. The third kappa shape index (κ3) is 6.17. The number of aromatic nitrogens is 1. The van der Waals surface area contributed by atoms with E-state index in [1.165, 1.54) is 16.3 Å². The van der Waals surface area contributed by atoms with Crippen LogP contribution >= 0.6 is 0 Å². The number of rotatable bonds is 5. The molecule has 3 aromatic rings. The molecule has 2 aromatic carbocycles. The Labute approximate surface area is 202 Å². The topological polar surface area (TPSA) is 86.0 Å². The van der Waals surface area contributed by atoms with Gasteiger partial charge in [0.15, 0.2) is 0 Å². The van der Waals surface area contributed by atoms with Crippen LogP contribution in [0, 0.1) is 0 Å². The van der Waals surface area contributed by atoms with Crippen molar-refractivity contribution in [2.45, 2.75) is 76.8 Å². The van der Waals surface area contributed by atoms with Crippen LogP contribution < -0.4 is 16.0 Å². The fourth-order valence-electron chi connectivity index (χ4n) is 4.94. The molecule has 4 N–H and O–H groups in total. The van der Waals surface area contributed by atoms with Gasteiger partial charge in [0.05, 0.1) is 0 Å². The maximum absolute atomic E-state index is 13.0. The Hall–Kier alpha value is -2.86. The number of amides is 2. The zero-order chi connectivity index (χ0) is 23.9. The van der Waals surface area contributed by atoms with E-state index in [9.17, 15) is 9.59 Å². The standard InChI is InChI=1S/C28H38N4O2/c1-19-7-3-4-8-20-10-13-24-22(17-20)23-18-21(11-14-25(23)31-24)12-15-27(33)32-26(28(34)30-19)9-5-6-16-29-2/h10-11,13-14,17-19,26,29,31H,3-9,12,15-16H2,1-2H3,(H,30,34)(H,32,33)/t19-,26-/m1/s1. The summed E-state index contributed by atoms with van der Waals surface area (Å²) in [5, 5.41) is 11.8. The van der Waals surface area contributed by atoms with Gasteiger partial charge in [0.2, 0.25) is 11.8 Å². The SMILES string of the molecule is CNCCCC[C@H]1NC(=O)CCc2ccc3[nH]c4ccc(cc4c3c2)CCCC[C@@H](C)NC1=O. The maximum Gasteiger partial charge on any atom is 0.242 e. The van der Waals surface area contributed by atoms with Crippen LogP contribution in [0.3, 0.4) is 0 Å². The van der Waals surface area contributed by atoms with E-state index >= 15 is 0 Å². The van der Waals surface area contributed by atoms with Crippen molar-refractivity contribution in [2.24, 2.45) is 0 Å². The second-order valence-electron chi connectivity index (χ2n) is 9.76. The van der Waals surface area contributed by atoms with Gasteiger partial charge in [-0.2, -0.15) is 0 Å². The highest BCUT2D eigenvalue weighted by Crippen LogP contribution is 2.28. The number of H-pyrrole nitrogens is 1. The quantitative estimate of drug-likeness (QED) is 0.425. The average Bonchev–Trinajstić information content (AvgIpc) is 3.19. The van der Waals surface area contributed by atoms with Crippen molar-refractivity contribution in [3.05, 3.63) is 47.5 Å². The number of hydrogen-bond acceptors (Lipinski definition) is 3. The number of aromatic amines is 1. The predicted molar refractivity (Wildman–Crippen MR) is 139 cm³/mol. The van der Waals surface area contributed by atoms with Crippen LogP contribution in [0.2, 0.25) is 0 Å². The minimum Gasteiger partial charge on any atom is -0.355 e. The third-order valence-electron chi connectivity index (χ3n) is 6.93. The van der Waals surface area contributed by atoms with Gasteiger partial charge < -0.3 is 20.9 Å². The lowest BCUT2D eigenvalue weighted by Crippen LogP contribution is -2.49. The van der Waals surface area contributed by atoms with Crippen molar-refractivity contribution >= 4 is 33.6 Å². The second kappa shape index (κ2) is 11.5. The van der Waals surface area contributed by atoms with Crippen molar-refractivity contribution in [3.8, 4) is 0 Å². The molecule has 2 amide bonds. The molecular formula is C28H38N4O2. The molecule has 2 heterocycles. The molecule has 0 radical (unpaired) electrons. The Morgan fingerprint density at radius 3 is 2.29 bits per heavy atom. The molecule has 4 rings (SSSR count). The molecule has 1 aromatic heterocycles. The van der Waals surface area contributed by atoms with Crippen molar-refractivity contribution in [1.82, 2.24) is 20.9 Å². The summed E-state index contributed by atoms with van der Waals surface area (Å²) >= 11 is 0. The zero-order valence-corrected chi connectivity index (χ0v) is 20.5. The zero-order valence-electron chi connectivity index (χ0n) is 20.5. The molecule has 182 valence electrons. The molecule has 34 heavy (non-hydrogen) atoms. The van der Waals surface area contributed by atoms with Crippen LogP contribution in [0.4, 0.5) is 0 Å². The Balaban J connectivity index is 1.55. The van der Waals surface area contributed by atoms with Gasteiger partial charge in [0, 0.05) is 34.3 Å². The van der Waals surface area contributed by atoms with Gasteiger partial charge in [-0.05, 0) is 101 Å². The number of nitrogens with one attached hydrogen (secondary N) is 4. The highest BCUT2D eigenvalue weighted by atomic mass is 16.2. The average molecular weight is 463 g/mol. The van der Waals surface area contributed by atoms with Gasteiger partial charge in [0.1, 0.15) is 6.04 Å². The normalized spacial score (nSPS) is 20.5. The van der Waals surface area contributed by atoms with Crippen molar-refractivity contribution in [2.75, 3.05) is 13.6 Å². The summed E-state index contributed by atoms with van der Waals surface area (Å²) in [6, 6.07) is 12.7. The van der Waals surface area contributed by atoms with Gasteiger partial charge >= 0.3 is 0 Å². The monoisotopic (exact) mass is 462 g/mol. The smallest absolute Gasteiger partial charge is 0.242 e. The van der Waals surface area contributed by atoms with Gasteiger partial charge in [-0.3, -0.25) is 9.59 Å². The summed E-state index contributed by atoms with van der Waals surface area (Å²) in [6.07, 6.45) is 7.67. The van der Waals surface area contributed by atoms with Crippen LogP contribution in [-0.2, 0) is 22.4 Å². The number of aryl methyl sites for hydroxylation is 2. The predicted octanol–water partition coefficient (Wildman–Crippen LogP) is 4.36. The minimum atomic E-state index is -0.475. The van der Waals surface area contributed by atoms with Crippen molar-refractivity contribution in [3.63, 3.8) is 0 Å². The molecule has 0 fully saturated rings. The van der Waals surface area contributed by atoms with Crippen LogP contribution in [0.15, 0.2) is 36.4 Å². The van der Waals surface area contributed by atoms with E-state index in [-0.39, 0.29) is 17.9 Å². The Kier molecular flexibility index (Phi) is 8.22. The molecule has 0 unspecified atom stereocenters. The summed E-state index contributed by atoms with van der Waals surface area (Å²) in [5.74, 6) is -0.126. The number of carbonyl (C=O) groups is 2. The number of fused-ring (bicyclic) bond motifs is 2. The van der Waals surface area contributed by atoms with Crippen LogP contribution in [-0.4, -0.2) is 42.5 Å². The van der Waals surface area contributed by atoms with E-state index < -0.39 is 6.04 Å². The number of carbonyl (C=O) groups excluding carboxylic acids is 2. The van der Waals surface area contributed by atoms with E-state index in [1.807, 2.05) is 7.05 Å². The minimum absolute atomic E-state index is 0.0599. The Bertz CT molecular complexity index is 1140. The van der Waals surface area contributed by atoms with Gasteiger partial charge in [-0.25, -0.2) is 0 Å². The lowest BCUT2D eigenvalue weighted by atomic mass is 10.0. The molecule has 0 aliphatic carbocycles. The molecule has 4 bridgehead atoms. The summed E-state index contributed by atoms with van der Waals surface area (Å²) in [7, 11) is 1.93. The highest BCUT2D eigenvalue weighted by Gasteiger charge is 2.22. The molecule has 0 spiro atoms. The fourth-order valence-corrected chi connectivity index (χ4v) is 4.94. The van der Waals surface area contributed by atoms with E-state index in [2.05, 4.69) is 64.3 Å². The summed E-state index contributed by atoms with van der Waals surface area (Å²) < 4.78 is 0. The Morgan fingerprint density at radius 2 is 1.59 bits per heavy atom. The fraction of sp³-hybridized carbons (Fsp3) is 0.500. The number of hydrogen-bond donors (Lipinski definition) is 4. The van der Waals surface area contributed by atoms with Gasteiger partial charge in [-0.15, -0.1) is 0 Å². The second-order valence-corrected chi connectivity index (χ2v) is 9.76. The van der Waals surface area contributed by atoms with Gasteiger partial charge in [-0.1, -0.05) is 18.6 Å². The molecule has 0 saturated carbocycles.